The molecule has 0 aromatic heterocycles. The van der Waals surface area contributed by atoms with Gasteiger partial charge in [-0.05, 0) is 42.5 Å². The molecule has 35 heavy (non-hydrogen) atoms. The average Bonchev–Trinajstić information content (AvgIpc) is 3.23. The number of amides is 1. The monoisotopic (exact) mass is 491 g/mol. The number of carbonyl (C=O) groups is 2. The number of ether oxygens (including phenoxy) is 1. The van der Waals surface area contributed by atoms with Crippen LogP contribution in [0.1, 0.15) is 36.1 Å². The van der Waals surface area contributed by atoms with Crippen LogP contribution in [-0.4, -0.2) is 28.6 Å². The van der Waals surface area contributed by atoms with Gasteiger partial charge in [-0.25, -0.2) is 14.2 Å². The summed E-state index contributed by atoms with van der Waals surface area (Å²) >= 11 is 1.42. The standard InChI is InChI=1S/C27H26FN3O3S/c1-4-13-34-26(33)24-18(3)30-27-31(25(24)20-9-5-17(2)6-10-20)22(16-35-27)14-23(32)29-15-19-7-11-21(28)12-8-19/h4-12,16,25H,1,13-15H2,2-3H3,(H,29,32). The van der Waals surface area contributed by atoms with E-state index < -0.39 is 12.0 Å². The van der Waals surface area contributed by atoms with Gasteiger partial charge in [-0.3, -0.25) is 4.79 Å². The molecule has 2 aliphatic rings. The molecule has 2 aromatic carbocycles. The number of aliphatic imine (C=N–C) groups is 1. The summed E-state index contributed by atoms with van der Waals surface area (Å²) in [7, 11) is 0. The molecule has 4 rings (SSSR count). The Morgan fingerprint density at radius 3 is 2.57 bits per heavy atom. The zero-order valence-corrected chi connectivity index (χ0v) is 20.4. The molecular formula is C27H26FN3O3S. The molecule has 0 aliphatic carbocycles. The molecule has 1 amide bonds. The van der Waals surface area contributed by atoms with E-state index in [1.165, 1.54) is 30.0 Å². The summed E-state index contributed by atoms with van der Waals surface area (Å²) in [5, 5.41) is 5.48. The molecule has 0 spiro atoms. The van der Waals surface area contributed by atoms with Gasteiger partial charge < -0.3 is 15.0 Å². The number of fused-ring (bicyclic) bond motifs is 1. The van der Waals surface area contributed by atoms with Gasteiger partial charge in [0.1, 0.15) is 12.4 Å². The first-order valence-electron chi connectivity index (χ1n) is 11.2. The van der Waals surface area contributed by atoms with E-state index >= 15 is 0 Å². The Balaban J connectivity index is 1.58. The number of benzene rings is 2. The number of rotatable bonds is 8. The summed E-state index contributed by atoms with van der Waals surface area (Å²) in [5.41, 5.74) is 4.55. The predicted octanol–water partition coefficient (Wildman–Crippen LogP) is 5.14. The molecule has 0 fully saturated rings. The fraction of sp³-hybridized carbons (Fsp3) is 0.222. The Bertz CT molecular complexity index is 1230. The number of thioether (sulfide) groups is 1. The fourth-order valence-electron chi connectivity index (χ4n) is 3.94. The van der Waals surface area contributed by atoms with Crippen molar-refractivity contribution in [3.05, 3.63) is 106 Å². The second-order valence-corrected chi connectivity index (χ2v) is 9.11. The van der Waals surface area contributed by atoms with Crippen molar-refractivity contribution in [2.45, 2.75) is 32.9 Å². The first-order chi connectivity index (χ1) is 16.9. The van der Waals surface area contributed by atoms with Crippen LogP contribution in [0.2, 0.25) is 0 Å². The molecule has 1 atom stereocenters. The van der Waals surface area contributed by atoms with Crippen molar-refractivity contribution in [3.8, 4) is 0 Å². The normalized spacial score (nSPS) is 16.9. The lowest BCUT2D eigenvalue weighted by atomic mass is 9.93. The lowest BCUT2D eigenvalue weighted by Crippen LogP contribution is -2.38. The van der Waals surface area contributed by atoms with Gasteiger partial charge in [-0.15, -0.1) is 0 Å². The number of aryl methyl sites for hydroxylation is 1. The number of allylic oxidation sites excluding steroid dienone is 1. The minimum atomic E-state index is -0.480. The highest BCUT2D eigenvalue weighted by atomic mass is 32.2. The van der Waals surface area contributed by atoms with E-state index in [-0.39, 0.29) is 24.8 Å². The van der Waals surface area contributed by atoms with E-state index in [2.05, 4.69) is 16.9 Å². The van der Waals surface area contributed by atoms with Crippen molar-refractivity contribution < 1.29 is 18.7 Å². The number of halogens is 1. The summed E-state index contributed by atoms with van der Waals surface area (Å²) in [6, 6.07) is 13.5. The van der Waals surface area contributed by atoms with E-state index in [4.69, 9.17) is 4.74 Å². The van der Waals surface area contributed by atoms with Crippen molar-refractivity contribution in [1.29, 1.82) is 0 Å². The first-order valence-corrected chi connectivity index (χ1v) is 12.1. The summed E-state index contributed by atoms with van der Waals surface area (Å²) in [4.78, 5) is 32.5. The Hall–Kier alpha value is -3.65. The largest absolute Gasteiger partial charge is 0.458 e. The topological polar surface area (TPSA) is 71.0 Å². The van der Waals surface area contributed by atoms with Crippen LogP contribution in [0.15, 0.2) is 88.6 Å². The number of nitrogens with one attached hydrogen (secondary N) is 1. The summed E-state index contributed by atoms with van der Waals surface area (Å²) in [6.45, 7) is 7.80. The van der Waals surface area contributed by atoms with E-state index in [0.29, 0.717) is 23.0 Å². The lowest BCUT2D eigenvalue weighted by Gasteiger charge is -2.36. The molecule has 0 bridgehead atoms. The highest BCUT2D eigenvalue weighted by Crippen LogP contribution is 2.44. The molecule has 2 heterocycles. The fourth-order valence-corrected chi connectivity index (χ4v) is 4.90. The third kappa shape index (κ3) is 5.54. The molecule has 0 radical (unpaired) electrons. The van der Waals surface area contributed by atoms with Crippen LogP contribution in [-0.2, 0) is 20.9 Å². The number of esters is 1. The van der Waals surface area contributed by atoms with Gasteiger partial charge >= 0.3 is 5.97 Å². The zero-order valence-electron chi connectivity index (χ0n) is 19.6. The molecule has 8 heteroatoms. The minimum Gasteiger partial charge on any atom is -0.458 e. The summed E-state index contributed by atoms with van der Waals surface area (Å²) in [5.74, 6) is -0.974. The Labute approximate surface area is 208 Å². The SMILES string of the molecule is C=CCOC(=O)C1=C(C)N=C2SC=C(CC(=O)NCc3ccc(F)cc3)N2C1c1ccc(C)cc1. The molecule has 1 unspecified atom stereocenters. The van der Waals surface area contributed by atoms with Crippen LogP contribution in [0.5, 0.6) is 0 Å². The number of hydrogen-bond acceptors (Lipinski definition) is 6. The van der Waals surface area contributed by atoms with Gasteiger partial charge in [0, 0.05) is 12.2 Å². The van der Waals surface area contributed by atoms with Gasteiger partial charge in [0.2, 0.25) is 5.91 Å². The molecular weight excluding hydrogens is 465 g/mol. The maximum atomic E-state index is 13.1. The van der Waals surface area contributed by atoms with E-state index in [9.17, 15) is 14.0 Å². The smallest absolute Gasteiger partial charge is 0.338 e. The zero-order chi connectivity index (χ0) is 24.9. The Morgan fingerprint density at radius 2 is 1.89 bits per heavy atom. The van der Waals surface area contributed by atoms with Crippen LogP contribution in [0.3, 0.4) is 0 Å². The Morgan fingerprint density at radius 1 is 1.17 bits per heavy atom. The highest BCUT2D eigenvalue weighted by molar-refractivity contribution is 8.16. The van der Waals surface area contributed by atoms with Crippen LogP contribution in [0.4, 0.5) is 4.39 Å². The van der Waals surface area contributed by atoms with Crippen molar-refractivity contribution in [3.63, 3.8) is 0 Å². The van der Waals surface area contributed by atoms with Gasteiger partial charge in [0.15, 0.2) is 5.17 Å². The molecule has 6 nitrogen and oxygen atoms in total. The lowest BCUT2D eigenvalue weighted by molar-refractivity contribution is -0.138. The third-order valence-corrected chi connectivity index (χ3v) is 6.58. The second-order valence-electron chi connectivity index (χ2n) is 8.27. The van der Waals surface area contributed by atoms with E-state index in [0.717, 1.165) is 22.4 Å². The van der Waals surface area contributed by atoms with Crippen LogP contribution < -0.4 is 5.32 Å². The quantitative estimate of drug-likeness (QED) is 0.409. The highest BCUT2D eigenvalue weighted by Gasteiger charge is 2.41. The first kappa shape index (κ1) is 24.5. The maximum absolute atomic E-state index is 13.1. The number of carbonyl (C=O) groups excluding carboxylic acids is 2. The number of hydrogen-bond donors (Lipinski definition) is 1. The predicted molar refractivity (Wildman–Crippen MR) is 136 cm³/mol. The molecule has 1 N–H and O–H groups in total. The van der Waals surface area contributed by atoms with Crippen molar-refractivity contribution in [2.75, 3.05) is 6.61 Å². The molecule has 0 saturated heterocycles. The van der Waals surface area contributed by atoms with Crippen LogP contribution >= 0.6 is 11.8 Å². The van der Waals surface area contributed by atoms with Gasteiger partial charge in [0.05, 0.1) is 23.7 Å². The van der Waals surface area contributed by atoms with Crippen LogP contribution in [0, 0.1) is 12.7 Å². The van der Waals surface area contributed by atoms with E-state index in [1.807, 2.05) is 41.5 Å². The average molecular weight is 492 g/mol. The third-order valence-electron chi connectivity index (χ3n) is 5.69. The van der Waals surface area contributed by atoms with E-state index in [1.54, 1.807) is 19.1 Å². The molecule has 2 aromatic rings. The molecule has 0 saturated carbocycles. The Kier molecular flexibility index (Phi) is 7.51. The molecule has 180 valence electrons. The number of nitrogens with zero attached hydrogens (tertiary/aromatic N) is 2. The van der Waals surface area contributed by atoms with Gasteiger partial charge in [0.25, 0.3) is 0 Å². The van der Waals surface area contributed by atoms with Gasteiger partial charge in [-0.2, -0.15) is 0 Å². The van der Waals surface area contributed by atoms with Gasteiger partial charge in [-0.1, -0.05) is 66.4 Å². The van der Waals surface area contributed by atoms with Crippen molar-refractivity contribution in [2.24, 2.45) is 4.99 Å². The van der Waals surface area contributed by atoms with Crippen molar-refractivity contribution >= 4 is 28.8 Å². The summed E-state index contributed by atoms with van der Waals surface area (Å²) < 4.78 is 18.5. The summed E-state index contributed by atoms with van der Waals surface area (Å²) in [6.07, 6.45) is 1.62. The maximum Gasteiger partial charge on any atom is 0.338 e. The second kappa shape index (κ2) is 10.7. The van der Waals surface area contributed by atoms with Crippen molar-refractivity contribution in [1.82, 2.24) is 10.2 Å². The minimum absolute atomic E-state index is 0.0933. The number of amidine groups is 1. The molecule has 2 aliphatic heterocycles. The van der Waals surface area contributed by atoms with Crippen LogP contribution in [0.25, 0.3) is 0 Å².